The van der Waals surface area contributed by atoms with E-state index in [1.807, 2.05) is 0 Å². The van der Waals surface area contributed by atoms with Gasteiger partial charge in [-0.3, -0.25) is 4.79 Å². The molecule has 0 unspecified atom stereocenters. The molecule has 0 aliphatic heterocycles. The molecule has 1 saturated carbocycles. The highest BCUT2D eigenvalue weighted by atomic mass is 16.5. The summed E-state index contributed by atoms with van der Waals surface area (Å²) in [6.45, 7) is 2.82. The van der Waals surface area contributed by atoms with Gasteiger partial charge >= 0.3 is 5.97 Å². The first-order valence-corrected chi connectivity index (χ1v) is 6.49. The van der Waals surface area contributed by atoms with E-state index < -0.39 is 0 Å². The lowest BCUT2D eigenvalue weighted by molar-refractivity contribution is -0.137. The van der Waals surface area contributed by atoms with Crippen LogP contribution in [0.15, 0.2) is 12.2 Å². The van der Waals surface area contributed by atoms with E-state index in [2.05, 4.69) is 5.32 Å². The summed E-state index contributed by atoms with van der Waals surface area (Å²) in [5, 5.41) is 3.33. The van der Waals surface area contributed by atoms with Gasteiger partial charge in [0.25, 0.3) is 0 Å². The molecule has 0 atom stereocenters. The van der Waals surface area contributed by atoms with E-state index in [0.717, 1.165) is 25.7 Å². The van der Waals surface area contributed by atoms with E-state index in [0.29, 0.717) is 19.2 Å². The van der Waals surface area contributed by atoms with Crippen LogP contribution in [0.2, 0.25) is 0 Å². The first-order chi connectivity index (χ1) is 8.63. The Balaban J connectivity index is 2.14. The van der Waals surface area contributed by atoms with Crippen molar-refractivity contribution < 1.29 is 14.3 Å². The van der Waals surface area contributed by atoms with Gasteiger partial charge < -0.3 is 15.8 Å². The minimum Gasteiger partial charge on any atom is -0.463 e. The summed E-state index contributed by atoms with van der Waals surface area (Å²) in [5.41, 5.74) is 5.27. The first-order valence-electron chi connectivity index (χ1n) is 6.49. The average Bonchev–Trinajstić information content (AvgIpc) is 2.35. The smallest absolute Gasteiger partial charge is 0.330 e. The molecule has 0 radical (unpaired) electrons. The maximum atomic E-state index is 11.0. The Morgan fingerprint density at radius 2 is 2.00 bits per heavy atom. The summed E-state index contributed by atoms with van der Waals surface area (Å²) >= 11 is 0. The standard InChI is InChI=1S/C13H22N2O3/c1-2-18-12(16)4-3-9-15-11-7-5-10(6-8-11)13(14)17/h3-4,10-11,15H,2,5-9H2,1H3,(H2,14,17)/b4-3+. The number of nitrogens with one attached hydrogen (secondary N) is 1. The molecule has 102 valence electrons. The van der Waals surface area contributed by atoms with Gasteiger partial charge in [0, 0.05) is 24.6 Å². The summed E-state index contributed by atoms with van der Waals surface area (Å²) in [6.07, 6.45) is 6.83. The van der Waals surface area contributed by atoms with Gasteiger partial charge in [0.1, 0.15) is 0 Å². The molecule has 0 aromatic heterocycles. The van der Waals surface area contributed by atoms with E-state index in [-0.39, 0.29) is 17.8 Å². The maximum Gasteiger partial charge on any atom is 0.330 e. The van der Waals surface area contributed by atoms with Crippen LogP contribution in [0.5, 0.6) is 0 Å². The molecule has 0 aromatic rings. The third kappa shape index (κ3) is 5.31. The molecule has 3 N–H and O–H groups in total. The highest BCUT2D eigenvalue weighted by Gasteiger charge is 2.23. The van der Waals surface area contributed by atoms with Crippen molar-refractivity contribution >= 4 is 11.9 Å². The van der Waals surface area contributed by atoms with E-state index in [4.69, 9.17) is 10.5 Å². The number of carbonyl (C=O) groups excluding carboxylic acids is 2. The lowest BCUT2D eigenvalue weighted by Crippen LogP contribution is -2.36. The Morgan fingerprint density at radius 3 is 2.56 bits per heavy atom. The molecule has 18 heavy (non-hydrogen) atoms. The molecular formula is C13H22N2O3. The Labute approximate surface area is 108 Å². The number of esters is 1. The molecule has 1 aliphatic rings. The SMILES string of the molecule is CCOC(=O)/C=C/CNC1CCC(C(N)=O)CC1. The van der Waals surface area contributed by atoms with Crippen LogP contribution >= 0.6 is 0 Å². The molecular weight excluding hydrogens is 232 g/mol. The second kappa shape index (κ2) is 7.87. The molecule has 0 saturated heterocycles. The summed E-state index contributed by atoms with van der Waals surface area (Å²) < 4.78 is 4.77. The van der Waals surface area contributed by atoms with Gasteiger partial charge in [-0.05, 0) is 32.6 Å². The van der Waals surface area contributed by atoms with Crippen LogP contribution in [-0.4, -0.2) is 31.1 Å². The van der Waals surface area contributed by atoms with E-state index >= 15 is 0 Å². The zero-order valence-electron chi connectivity index (χ0n) is 10.9. The van der Waals surface area contributed by atoms with Crippen LogP contribution in [-0.2, 0) is 14.3 Å². The predicted molar refractivity (Wildman–Crippen MR) is 68.7 cm³/mol. The third-order valence-electron chi connectivity index (χ3n) is 3.19. The van der Waals surface area contributed by atoms with Crippen molar-refractivity contribution in [3.63, 3.8) is 0 Å². The van der Waals surface area contributed by atoms with Crippen molar-refractivity contribution in [1.82, 2.24) is 5.32 Å². The molecule has 1 amide bonds. The molecule has 0 bridgehead atoms. The average molecular weight is 254 g/mol. The number of amides is 1. The van der Waals surface area contributed by atoms with Crippen LogP contribution in [0.4, 0.5) is 0 Å². The normalized spacial score (nSPS) is 24.1. The monoisotopic (exact) mass is 254 g/mol. The first kappa shape index (κ1) is 14.7. The lowest BCUT2D eigenvalue weighted by atomic mass is 9.85. The fourth-order valence-corrected chi connectivity index (χ4v) is 2.16. The Kier molecular flexibility index (Phi) is 6.43. The van der Waals surface area contributed by atoms with Crippen molar-refractivity contribution in [3.05, 3.63) is 12.2 Å². The van der Waals surface area contributed by atoms with Crippen molar-refractivity contribution in [2.75, 3.05) is 13.2 Å². The van der Waals surface area contributed by atoms with Crippen LogP contribution in [0.3, 0.4) is 0 Å². The topological polar surface area (TPSA) is 81.4 Å². The minimum absolute atomic E-state index is 0.0399. The summed E-state index contributed by atoms with van der Waals surface area (Å²) in [7, 11) is 0. The molecule has 5 nitrogen and oxygen atoms in total. The minimum atomic E-state index is -0.309. The summed E-state index contributed by atoms with van der Waals surface area (Å²) in [5.74, 6) is -0.453. The number of carbonyl (C=O) groups is 2. The summed E-state index contributed by atoms with van der Waals surface area (Å²) in [6, 6.07) is 0.410. The van der Waals surface area contributed by atoms with Gasteiger partial charge in [-0.2, -0.15) is 0 Å². The van der Waals surface area contributed by atoms with Crippen molar-refractivity contribution in [2.45, 2.75) is 38.6 Å². The van der Waals surface area contributed by atoms with Crippen LogP contribution < -0.4 is 11.1 Å². The number of nitrogens with two attached hydrogens (primary N) is 1. The Morgan fingerprint density at radius 1 is 1.33 bits per heavy atom. The zero-order chi connectivity index (χ0) is 13.4. The summed E-state index contributed by atoms with van der Waals surface area (Å²) in [4.78, 5) is 22.0. The Hall–Kier alpha value is -1.36. The van der Waals surface area contributed by atoms with Gasteiger partial charge in [0.2, 0.25) is 5.91 Å². The van der Waals surface area contributed by atoms with Crippen LogP contribution in [0.25, 0.3) is 0 Å². The fraction of sp³-hybridized carbons (Fsp3) is 0.692. The van der Waals surface area contributed by atoms with E-state index in [1.54, 1.807) is 13.0 Å². The van der Waals surface area contributed by atoms with Crippen molar-refractivity contribution in [3.8, 4) is 0 Å². The molecule has 1 aliphatic carbocycles. The van der Waals surface area contributed by atoms with Gasteiger partial charge in [-0.15, -0.1) is 0 Å². The van der Waals surface area contributed by atoms with Gasteiger partial charge in [-0.1, -0.05) is 6.08 Å². The van der Waals surface area contributed by atoms with Gasteiger partial charge in [-0.25, -0.2) is 4.79 Å². The molecule has 1 fully saturated rings. The maximum absolute atomic E-state index is 11.0. The molecule has 1 rings (SSSR count). The second-order valence-corrected chi connectivity index (χ2v) is 4.51. The number of hydrogen-bond acceptors (Lipinski definition) is 4. The van der Waals surface area contributed by atoms with E-state index in [9.17, 15) is 9.59 Å². The molecule has 0 heterocycles. The lowest BCUT2D eigenvalue weighted by Gasteiger charge is -2.27. The Bertz CT molecular complexity index is 307. The largest absolute Gasteiger partial charge is 0.463 e. The fourth-order valence-electron chi connectivity index (χ4n) is 2.16. The zero-order valence-corrected chi connectivity index (χ0v) is 10.9. The highest BCUT2D eigenvalue weighted by molar-refractivity contribution is 5.81. The van der Waals surface area contributed by atoms with Crippen molar-refractivity contribution in [1.29, 1.82) is 0 Å². The third-order valence-corrected chi connectivity index (χ3v) is 3.19. The van der Waals surface area contributed by atoms with Gasteiger partial charge in [0.05, 0.1) is 6.61 Å². The number of rotatable bonds is 6. The molecule has 5 heteroatoms. The van der Waals surface area contributed by atoms with E-state index in [1.165, 1.54) is 6.08 Å². The number of ether oxygens (including phenoxy) is 1. The predicted octanol–water partition coefficient (Wildman–Crippen LogP) is 0.739. The van der Waals surface area contributed by atoms with Crippen LogP contribution in [0.1, 0.15) is 32.6 Å². The van der Waals surface area contributed by atoms with Gasteiger partial charge in [0.15, 0.2) is 0 Å². The highest BCUT2D eigenvalue weighted by Crippen LogP contribution is 2.23. The van der Waals surface area contributed by atoms with Crippen LogP contribution in [0, 0.1) is 5.92 Å². The second-order valence-electron chi connectivity index (χ2n) is 4.51. The number of primary amides is 1. The quantitative estimate of drug-likeness (QED) is 0.541. The molecule has 0 aromatic carbocycles. The van der Waals surface area contributed by atoms with Crippen molar-refractivity contribution in [2.24, 2.45) is 11.7 Å². The molecule has 0 spiro atoms. The number of hydrogen-bond donors (Lipinski definition) is 2.